The van der Waals surface area contributed by atoms with Crippen LogP contribution >= 0.6 is 0 Å². The maximum Gasteiger partial charge on any atom is 0.323 e. The minimum absolute atomic E-state index is 0.278. The van der Waals surface area contributed by atoms with E-state index in [1.165, 1.54) is 6.07 Å². The zero-order chi connectivity index (χ0) is 12.1. The third-order valence-corrected chi connectivity index (χ3v) is 1.70. The number of aliphatic carboxylic acids is 1. The Kier molecular flexibility index (Phi) is 3.82. The number of halogens is 1. The van der Waals surface area contributed by atoms with Gasteiger partial charge in [-0.15, -0.1) is 0 Å². The van der Waals surface area contributed by atoms with Crippen LogP contribution in [-0.2, 0) is 4.79 Å². The summed E-state index contributed by atoms with van der Waals surface area (Å²) in [6.07, 6.45) is 0. The average molecular weight is 226 g/mol. The Hall–Kier alpha value is -2.11. The highest BCUT2D eigenvalue weighted by Crippen LogP contribution is 2.12. The molecule has 0 atom stereocenters. The van der Waals surface area contributed by atoms with E-state index >= 15 is 0 Å². The van der Waals surface area contributed by atoms with E-state index in [9.17, 15) is 14.0 Å². The number of aryl methyl sites for hydroxylation is 1. The molecule has 0 unspecified atom stereocenters. The van der Waals surface area contributed by atoms with Gasteiger partial charge >= 0.3 is 12.0 Å². The number of hydrogen-bond donors (Lipinski definition) is 3. The van der Waals surface area contributed by atoms with Crippen molar-refractivity contribution in [2.24, 2.45) is 0 Å². The topological polar surface area (TPSA) is 78.4 Å². The molecule has 1 rings (SSSR count). The fraction of sp³-hybridized carbons (Fsp3) is 0.200. The summed E-state index contributed by atoms with van der Waals surface area (Å²) in [7, 11) is 0. The molecule has 1 aromatic carbocycles. The largest absolute Gasteiger partial charge is 0.480 e. The van der Waals surface area contributed by atoms with E-state index in [-0.39, 0.29) is 5.69 Å². The van der Waals surface area contributed by atoms with Gasteiger partial charge < -0.3 is 15.7 Å². The predicted molar refractivity (Wildman–Crippen MR) is 55.8 cm³/mol. The summed E-state index contributed by atoms with van der Waals surface area (Å²) < 4.78 is 12.9. The number of urea groups is 1. The molecule has 6 heteroatoms. The number of hydrogen-bond acceptors (Lipinski definition) is 2. The van der Waals surface area contributed by atoms with Gasteiger partial charge in [0.25, 0.3) is 0 Å². The van der Waals surface area contributed by atoms with Crippen molar-refractivity contribution in [3.05, 3.63) is 29.6 Å². The second-order valence-corrected chi connectivity index (χ2v) is 3.22. The van der Waals surface area contributed by atoms with Gasteiger partial charge in [-0.2, -0.15) is 0 Å². The molecule has 0 aliphatic carbocycles. The summed E-state index contributed by atoms with van der Waals surface area (Å²) in [6.45, 7) is 1.20. The number of rotatable bonds is 3. The minimum atomic E-state index is -1.15. The van der Waals surface area contributed by atoms with Crippen LogP contribution in [0.25, 0.3) is 0 Å². The Balaban J connectivity index is 2.59. The maximum absolute atomic E-state index is 12.9. The van der Waals surface area contributed by atoms with Crippen molar-refractivity contribution in [3.63, 3.8) is 0 Å². The molecule has 0 fully saturated rings. The van der Waals surface area contributed by atoms with Gasteiger partial charge in [0, 0.05) is 5.69 Å². The number of nitrogens with one attached hydrogen (secondary N) is 2. The predicted octanol–water partition coefficient (Wildman–Crippen LogP) is 1.34. The van der Waals surface area contributed by atoms with Crippen LogP contribution in [-0.4, -0.2) is 23.7 Å². The van der Waals surface area contributed by atoms with E-state index in [0.717, 1.165) is 6.07 Å². The molecule has 0 heterocycles. The first-order chi connectivity index (χ1) is 7.47. The van der Waals surface area contributed by atoms with E-state index in [0.29, 0.717) is 5.56 Å². The van der Waals surface area contributed by atoms with Gasteiger partial charge in [0.15, 0.2) is 0 Å². The Morgan fingerprint density at radius 1 is 1.38 bits per heavy atom. The van der Waals surface area contributed by atoms with Gasteiger partial charge in [-0.1, -0.05) is 0 Å². The van der Waals surface area contributed by atoms with Gasteiger partial charge in [0.2, 0.25) is 0 Å². The molecule has 3 N–H and O–H groups in total. The van der Waals surface area contributed by atoms with Crippen LogP contribution in [0.4, 0.5) is 14.9 Å². The summed E-state index contributed by atoms with van der Waals surface area (Å²) in [5.41, 5.74) is 0.939. The van der Waals surface area contributed by atoms with E-state index in [1.807, 2.05) is 0 Å². The maximum atomic E-state index is 12.9. The Morgan fingerprint density at radius 3 is 2.62 bits per heavy atom. The number of carboxylic acid groups (broad SMARTS) is 1. The molecule has 0 aliphatic rings. The van der Waals surface area contributed by atoms with E-state index < -0.39 is 24.4 Å². The molecule has 0 radical (unpaired) electrons. The van der Waals surface area contributed by atoms with E-state index in [2.05, 4.69) is 10.6 Å². The zero-order valence-corrected chi connectivity index (χ0v) is 8.58. The fourth-order valence-electron chi connectivity index (χ4n) is 1.14. The van der Waals surface area contributed by atoms with Gasteiger partial charge in [0.1, 0.15) is 12.4 Å². The molecule has 5 nitrogen and oxygen atoms in total. The van der Waals surface area contributed by atoms with Crippen LogP contribution in [0.15, 0.2) is 18.2 Å². The highest BCUT2D eigenvalue weighted by atomic mass is 19.1. The fourth-order valence-corrected chi connectivity index (χ4v) is 1.14. The highest BCUT2D eigenvalue weighted by Gasteiger charge is 2.05. The molecule has 0 aromatic heterocycles. The third kappa shape index (κ3) is 3.95. The van der Waals surface area contributed by atoms with Crippen molar-refractivity contribution in [1.29, 1.82) is 0 Å². The molecular formula is C10H11FN2O3. The minimum Gasteiger partial charge on any atom is -0.480 e. The third-order valence-electron chi connectivity index (χ3n) is 1.70. The average Bonchev–Trinajstić information content (AvgIpc) is 2.12. The number of carboxylic acids is 1. The second-order valence-electron chi connectivity index (χ2n) is 3.22. The van der Waals surface area contributed by atoms with E-state index in [1.54, 1.807) is 13.0 Å². The molecule has 16 heavy (non-hydrogen) atoms. The van der Waals surface area contributed by atoms with Crippen molar-refractivity contribution in [1.82, 2.24) is 5.32 Å². The van der Waals surface area contributed by atoms with Crippen molar-refractivity contribution < 1.29 is 19.1 Å². The first-order valence-electron chi connectivity index (χ1n) is 4.51. The highest BCUT2D eigenvalue weighted by molar-refractivity contribution is 5.91. The second kappa shape index (κ2) is 5.11. The molecule has 86 valence electrons. The lowest BCUT2D eigenvalue weighted by Gasteiger charge is -2.06. The summed E-state index contributed by atoms with van der Waals surface area (Å²) in [5.74, 6) is -1.61. The number of carbonyl (C=O) groups excluding carboxylic acids is 1. The lowest BCUT2D eigenvalue weighted by Crippen LogP contribution is -2.33. The van der Waals surface area contributed by atoms with Crippen LogP contribution in [0.2, 0.25) is 0 Å². The Morgan fingerprint density at radius 2 is 2.06 bits per heavy atom. The summed E-state index contributed by atoms with van der Waals surface area (Å²) in [5, 5.41) is 12.7. The summed E-state index contributed by atoms with van der Waals surface area (Å²) in [4.78, 5) is 21.3. The van der Waals surface area contributed by atoms with Gasteiger partial charge in [-0.3, -0.25) is 4.79 Å². The molecular weight excluding hydrogens is 215 g/mol. The standard InChI is InChI=1S/C10H11FN2O3/c1-6-2-7(11)4-8(3-6)13-10(16)12-5-9(14)15/h2-4H,5H2,1H3,(H,14,15)(H2,12,13,16). The summed E-state index contributed by atoms with van der Waals surface area (Å²) in [6, 6.07) is 3.35. The molecule has 0 saturated heterocycles. The molecule has 2 amide bonds. The van der Waals surface area contributed by atoms with Crippen LogP contribution in [0.3, 0.4) is 0 Å². The quantitative estimate of drug-likeness (QED) is 0.727. The first-order valence-corrected chi connectivity index (χ1v) is 4.51. The Labute approximate surface area is 91.3 Å². The lowest BCUT2D eigenvalue weighted by molar-refractivity contribution is -0.135. The number of carbonyl (C=O) groups is 2. The van der Waals surface area contributed by atoms with Crippen LogP contribution < -0.4 is 10.6 Å². The SMILES string of the molecule is Cc1cc(F)cc(NC(=O)NCC(=O)O)c1. The first kappa shape index (κ1) is 12.0. The number of benzene rings is 1. The smallest absolute Gasteiger partial charge is 0.323 e. The zero-order valence-electron chi connectivity index (χ0n) is 8.58. The van der Waals surface area contributed by atoms with Crippen molar-refractivity contribution >= 4 is 17.7 Å². The molecule has 0 saturated carbocycles. The summed E-state index contributed by atoms with van der Waals surface area (Å²) >= 11 is 0. The molecule has 1 aromatic rings. The van der Waals surface area contributed by atoms with Gasteiger partial charge in [-0.25, -0.2) is 9.18 Å². The molecule has 0 aliphatic heterocycles. The molecule has 0 bridgehead atoms. The molecule has 0 spiro atoms. The van der Waals surface area contributed by atoms with Crippen molar-refractivity contribution in [2.45, 2.75) is 6.92 Å². The normalized spacial score (nSPS) is 9.62. The lowest BCUT2D eigenvalue weighted by atomic mass is 10.2. The Bertz CT molecular complexity index is 400. The number of anilines is 1. The van der Waals surface area contributed by atoms with E-state index in [4.69, 9.17) is 5.11 Å². The van der Waals surface area contributed by atoms with Gasteiger partial charge in [-0.05, 0) is 30.7 Å². The van der Waals surface area contributed by atoms with Crippen molar-refractivity contribution in [3.8, 4) is 0 Å². The van der Waals surface area contributed by atoms with Gasteiger partial charge in [0.05, 0.1) is 0 Å². The number of amides is 2. The monoisotopic (exact) mass is 226 g/mol. The van der Waals surface area contributed by atoms with Crippen LogP contribution in [0, 0.1) is 12.7 Å². The van der Waals surface area contributed by atoms with Crippen LogP contribution in [0.1, 0.15) is 5.56 Å². The van der Waals surface area contributed by atoms with Crippen LogP contribution in [0.5, 0.6) is 0 Å². The van der Waals surface area contributed by atoms with Crippen molar-refractivity contribution in [2.75, 3.05) is 11.9 Å².